The van der Waals surface area contributed by atoms with Gasteiger partial charge in [0.05, 0.1) is 5.02 Å². The summed E-state index contributed by atoms with van der Waals surface area (Å²) in [5.74, 6) is -1.51. The van der Waals surface area contributed by atoms with E-state index in [0.717, 1.165) is 0 Å². The number of rotatable bonds is 7. The number of aryl methyl sites for hydroxylation is 1. The predicted octanol–water partition coefficient (Wildman–Crippen LogP) is 2.22. The number of halogens is 1. The number of carboxylic acid groups (broad SMARTS) is 1. The fourth-order valence-corrected chi connectivity index (χ4v) is 2.43. The summed E-state index contributed by atoms with van der Waals surface area (Å²) in [6.45, 7) is 0.329. The number of aromatic nitrogens is 1. The molecular formula is C17H17ClN2O4. The number of benzene rings is 1. The van der Waals surface area contributed by atoms with Crippen LogP contribution in [0.3, 0.4) is 0 Å². The number of pyridine rings is 1. The Balaban J connectivity index is 1.91. The highest BCUT2D eigenvalue weighted by atomic mass is 35.5. The normalized spacial score (nSPS) is 11.7. The molecule has 2 rings (SSSR count). The molecule has 0 bridgehead atoms. The number of carbonyl (C=O) groups excluding carboxylic acids is 1. The Bertz CT molecular complexity index is 774. The number of carbonyl (C=O) groups is 2. The lowest BCUT2D eigenvalue weighted by molar-refractivity contribution is -0.142. The molecule has 0 spiro atoms. The highest BCUT2D eigenvalue weighted by Gasteiger charge is 2.21. The molecule has 0 saturated heterocycles. The van der Waals surface area contributed by atoms with E-state index in [1.807, 2.05) is 0 Å². The fourth-order valence-electron chi connectivity index (χ4n) is 2.25. The summed E-state index contributed by atoms with van der Waals surface area (Å²) in [7, 11) is 0. The summed E-state index contributed by atoms with van der Waals surface area (Å²) in [6.07, 6.45) is 2.01. The lowest BCUT2D eigenvalue weighted by Crippen LogP contribution is -2.33. The number of aliphatic carboxylic acids is 1. The van der Waals surface area contributed by atoms with Gasteiger partial charge in [-0.1, -0.05) is 41.9 Å². The van der Waals surface area contributed by atoms with Gasteiger partial charge in [0.25, 0.3) is 5.56 Å². The van der Waals surface area contributed by atoms with Gasteiger partial charge in [-0.25, -0.2) is 4.79 Å². The van der Waals surface area contributed by atoms with Crippen molar-refractivity contribution in [1.29, 1.82) is 0 Å². The first-order valence-electron chi connectivity index (χ1n) is 7.40. The van der Waals surface area contributed by atoms with E-state index in [2.05, 4.69) is 5.32 Å². The number of hydrogen-bond donors (Lipinski definition) is 2. The van der Waals surface area contributed by atoms with Crippen molar-refractivity contribution < 1.29 is 14.7 Å². The van der Waals surface area contributed by atoms with Crippen LogP contribution in [0.15, 0.2) is 53.5 Å². The Kier molecular flexibility index (Phi) is 6.14. The summed E-state index contributed by atoms with van der Waals surface area (Å²) in [5.41, 5.74) is 0.303. The quantitative estimate of drug-likeness (QED) is 0.803. The average molecular weight is 349 g/mol. The maximum atomic E-state index is 12.0. The molecule has 7 heteroatoms. The van der Waals surface area contributed by atoms with Gasteiger partial charge in [0.1, 0.15) is 0 Å². The van der Waals surface area contributed by atoms with E-state index in [1.165, 1.54) is 22.9 Å². The largest absolute Gasteiger partial charge is 0.479 e. The van der Waals surface area contributed by atoms with Crippen molar-refractivity contribution in [3.8, 4) is 0 Å². The van der Waals surface area contributed by atoms with Gasteiger partial charge < -0.3 is 15.0 Å². The Morgan fingerprint density at radius 2 is 1.88 bits per heavy atom. The molecule has 1 aromatic heterocycles. The van der Waals surface area contributed by atoms with Gasteiger partial charge in [0, 0.05) is 25.2 Å². The standard InChI is InChI=1S/C17H17ClN2O4/c18-13-8-9-15(22)20(11-13)10-4-7-14(21)19-16(17(23)24)12-5-2-1-3-6-12/h1-3,5-6,8-9,11,16H,4,7,10H2,(H,19,21)(H,23,24). The maximum Gasteiger partial charge on any atom is 0.330 e. The zero-order chi connectivity index (χ0) is 17.5. The van der Waals surface area contributed by atoms with E-state index in [0.29, 0.717) is 23.6 Å². The van der Waals surface area contributed by atoms with Gasteiger partial charge in [-0.3, -0.25) is 9.59 Å². The van der Waals surface area contributed by atoms with E-state index in [-0.39, 0.29) is 17.9 Å². The van der Waals surface area contributed by atoms with Crippen molar-refractivity contribution in [2.75, 3.05) is 0 Å². The molecular weight excluding hydrogens is 332 g/mol. The Hall–Kier alpha value is -2.60. The van der Waals surface area contributed by atoms with Gasteiger partial charge in [0.2, 0.25) is 5.91 Å². The van der Waals surface area contributed by atoms with Crippen LogP contribution in [0.5, 0.6) is 0 Å². The number of nitrogens with zero attached hydrogens (tertiary/aromatic N) is 1. The van der Waals surface area contributed by atoms with E-state index >= 15 is 0 Å². The highest BCUT2D eigenvalue weighted by Crippen LogP contribution is 2.13. The highest BCUT2D eigenvalue weighted by molar-refractivity contribution is 6.30. The van der Waals surface area contributed by atoms with Crippen molar-refractivity contribution >= 4 is 23.5 Å². The van der Waals surface area contributed by atoms with Gasteiger partial charge in [-0.15, -0.1) is 0 Å². The van der Waals surface area contributed by atoms with Crippen LogP contribution in [0.2, 0.25) is 5.02 Å². The lowest BCUT2D eigenvalue weighted by Gasteiger charge is -2.15. The number of nitrogens with one attached hydrogen (secondary N) is 1. The van der Waals surface area contributed by atoms with E-state index in [1.54, 1.807) is 30.3 Å². The van der Waals surface area contributed by atoms with Gasteiger partial charge >= 0.3 is 5.97 Å². The molecule has 2 N–H and O–H groups in total. The molecule has 1 unspecified atom stereocenters. The molecule has 2 aromatic rings. The van der Waals surface area contributed by atoms with Crippen molar-refractivity contribution in [2.45, 2.75) is 25.4 Å². The third-order valence-electron chi connectivity index (χ3n) is 3.44. The summed E-state index contributed by atoms with van der Waals surface area (Å²) in [6, 6.07) is 10.3. The summed E-state index contributed by atoms with van der Waals surface area (Å²) in [5, 5.41) is 12.2. The number of amides is 1. The Morgan fingerprint density at radius 3 is 2.54 bits per heavy atom. The molecule has 0 aliphatic carbocycles. The first kappa shape index (κ1) is 17.7. The Morgan fingerprint density at radius 1 is 1.17 bits per heavy atom. The monoisotopic (exact) mass is 348 g/mol. The summed E-state index contributed by atoms with van der Waals surface area (Å²) in [4.78, 5) is 34.9. The van der Waals surface area contributed by atoms with Crippen molar-refractivity contribution in [3.05, 3.63) is 69.6 Å². The third-order valence-corrected chi connectivity index (χ3v) is 3.66. The Labute approximate surface area is 143 Å². The lowest BCUT2D eigenvalue weighted by atomic mass is 10.1. The van der Waals surface area contributed by atoms with Gasteiger partial charge in [0.15, 0.2) is 6.04 Å². The molecule has 0 radical (unpaired) electrons. The topological polar surface area (TPSA) is 88.4 Å². The van der Waals surface area contributed by atoms with Crippen LogP contribution >= 0.6 is 11.6 Å². The summed E-state index contributed by atoms with van der Waals surface area (Å²) < 4.78 is 1.42. The zero-order valence-electron chi connectivity index (χ0n) is 12.8. The molecule has 1 aromatic carbocycles. The smallest absolute Gasteiger partial charge is 0.330 e. The van der Waals surface area contributed by atoms with Gasteiger partial charge in [-0.2, -0.15) is 0 Å². The SMILES string of the molecule is O=C(CCCn1cc(Cl)ccc1=O)NC(C(=O)O)c1ccccc1. The zero-order valence-corrected chi connectivity index (χ0v) is 13.6. The molecule has 0 aliphatic heterocycles. The summed E-state index contributed by atoms with van der Waals surface area (Å²) >= 11 is 5.83. The minimum Gasteiger partial charge on any atom is -0.479 e. The second-order valence-electron chi connectivity index (χ2n) is 5.23. The fraction of sp³-hybridized carbons (Fsp3) is 0.235. The second kappa shape index (κ2) is 8.31. The molecule has 126 valence electrons. The molecule has 0 aliphatic rings. The number of hydrogen-bond acceptors (Lipinski definition) is 3. The molecule has 6 nitrogen and oxygen atoms in total. The predicted molar refractivity (Wildman–Crippen MR) is 89.9 cm³/mol. The van der Waals surface area contributed by atoms with E-state index in [4.69, 9.17) is 11.6 Å². The van der Waals surface area contributed by atoms with Crippen LogP contribution in [-0.4, -0.2) is 21.6 Å². The van der Waals surface area contributed by atoms with Crippen LogP contribution in [0.1, 0.15) is 24.4 Å². The van der Waals surface area contributed by atoms with Crippen molar-refractivity contribution in [3.63, 3.8) is 0 Å². The minimum absolute atomic E-state index is 0.107. The first-order chi connectivity index (χ1) is 11.5. The first-order valence-corrected chi connectivity index (χ1v) is 7.78. The van der Waals surface area contributed by atoms with Crippen molar-refractivity contribution in [2.24, 2.45) is 0 Å². The van der Waals surface area contributed by atoms with Gasteiger partial charge in [-0.05, 0) is 18.1 Å². The van der Waals surface area contributed by atoms with Crippen LogP contribution in [-0.2, 0) is 16.1 Å². The van der Waals surface area contributed by atoms with Crippen LogP contribution in [0, 0.1) is 0 Å². The number of carboxylic acids is 1. The van der Waals surface area contributed by atoms with Crippen LogP contribution in [0.4, 0.5) is 0 Å². The second-order valence-corrected chi connectivity index (χ2v) is 5.67. The maximum absolute atomic E-state index is 12.0. The molecule has 0 fully saturated rings. The molecule has 1 heterocycles. The minimum atomic E-state index is -1.12. The molecule has 0 saturated carbocycles. The van der Waals surface area contributed by atoms with Crippen molar-refractivity contribution in [1.82, 2.24) is 9.88 Å². The average Bonchev–Trinajstić information content (AvgIpc) is 2.56. The molecule has 1 atom stereocenters. The van der Waals surface area contributed by atoms with E-state index < -0.39 is 12.0 Å². The van der Waals surface area contributed by atoms with Crippen LogP contribution < -0.4 is 10.9 Å². The molecule has 1 amide bonds. The van der Waals surface area contributed by atoms with E-state index in [9.17, 15) is 19.5 Å². The van der Waals surface area contributed by atoms with Crippen LogP contribution in [0.25, 0.3) is 0 Å². The molecule has 24 heavy (non-hydrogen) atoms. The third kappa shape index (κ3) is 4.96.